The Balaban J connectivity index is 1.32. The van der Waals surface area contributed by atoms with Gasteiger partial charge < -0.3 is 15.1 Å². The predicted octanol–water partition coefficient (Wildman–Crippen LogP) is 5.57. The second-order valence-corrected chi connectivity index (χ2v) is 10.9. The lowest BCUT2D eigenvalue weighted by molar-refractivity contribution is -0.137. The number of nitrogens with zero attached hydrogens (tertiary/aromatic N) is 5. The Bertz CT molecular complexity index is 1280. The minimum absolute atomic E-state index is 0.199. The molecular weight excluding hydrogens is 501 g/mol. The van der Waals surface area contributed by atoms with E-state index in [0.29, 0.717) is 31.9 Å². The number of thiophene rings is 1. The Morgan fingerprint density at radius 2 is 1.78 bits per heavy atom. The molecule has 0 aliphatic carbocycles. The van der Waals surface area contributed by atoms with E-state index >= 15 is 0 Å². The molecule has 5 rings (SSSR count). The highest BCUT2D eigenvalue weighted by Gasteiger charge is 2.31. The van der Waals surface area contributed by atoms with E-state index in [4.69, 9.17) is 9.97 Å². The fourth-order valence-corrected chi connectivity index (χ4v) is 6.13. The van der Waals surface area contributed by atoms with Crippen LogP contribution in [0.1, 0.15) is 48.5 Å². The molecule has 2 aliphatic heterocycles. The molecule has 2 aliphatic rings. The summed E-state index contributed by atoms with van der Waals surface area (Å²) in [5, 5.41) is 3.87. The van der Waals surface area contributed by atoms with E-state index in [9.17, 15) is 18.0 Å². The minimum Gasteiger partial charge on any atom is -0.352 e. The highest BCUT2D eigenvalue weighted by atomic mass is 32.1. The molecule has 0 unspecified atom stereocenters. The van der Waals surface area contributed by atoms with E-state index in [-0.39, 0.29) is 11.9 Å². The molecule has 3 aromatic rings. The van der Waals surface area contributed by atoms with Crippen LogP contribution in [0.5, 0.6) is 0 Å². The molecular formula is C26H31F3N6OS. The lowest BCUT2D eigenvalue weighted by Gasteiger charge is -2.36. The maximum Gasteiger partial charge on any atom is 0.416 e. The number of urea groups is 1. The summed E-state index contributed by atoms with van der Waals surface area (Å²) in [6.07, 6.45) is -3.42. The van der Waals surface area contributed by atoms with Gasteiger partial charge in [0.2, 0.25) is 0 Å². The van der Waals surface area contributed by atoms with Crippen LogP contribution < -0.4 is 10.2 Å². The first kappa shape index (κ1) is 25.7. The number of carbonyl (C=O) groups excluding carboxylic acids is 1. The SMILES string of the molecule is CCN1CCc2c(sc3nc(C(C)C)nc(N4CCN(C(=O)Nc5ccc(C(F)(F)F)cc5)CC4)c23)C1. The Morgan fingerprint density at radius 3 is 2.41 bits per heavy atom. The fraction of sp³-hybridized carbons (Fsp3) is 0.500. The van der Waals surface area contributed by atoms with E-state index in [0.717, 1.165) is 60.0 Å². The van der Waals surface area contributed by atoms with Gasteiger partial charge in [-0.25, -0.2) is 14.8 Å². The highest BCUT2D eigenvalue weighted by molar-refractivity contribution is 7.19. The molecule has 0 atom stereocenters. The van der Waals surface area contributed by atoms with Crippen molar-refractivity contribution in [2.24, 2.45) is 0 Å². The smallest absolute Gasteiger partial charge is 0.352 e. The van der Waals surface area contributed by atoms with Crippen LogP contribution in [-0.4, -0.2) is 65.1 Å². The molecule has 0 spiro atoms. The van der Waals surface area contributed by atoms with E-state index < -0.39 is 11.7 Å². The third-order valence-corrected chi connectivity index (χ3v) is 8.18. The zero-order valence-electron chi connectivity index (χ0n) is 21.2. The van der Waals surface area contributed by atoms with Crippen molar-refractivity contribution in [3.8, 4) is 0 Å². The number of nitrogens with one attached hydrogen (secondary N) is 1. The number of likely N-dealkylation sites (N-methyl/N-ethyl adjacent to an activating group) is 1. The van der Waals surface area contributed by atoms with Gasteiger partial charge in [-0.05, 0) is 42.8 Å². The van der Waals surface area contributed by atoms with Crippen molar-refractivity contribution in [3.63, 3.8) is 0 Å². The molecule has 198 valence electrons. The summed E-state index contributed by atoms with van der Waals surface area (Å²) >= 11 is 1.77. The lowest BCUT2D eigenvalue weighted by Crippen LogP contribution is -2.50. The van der Waals surface area contributed by atoms with E-state index in [1.165, 1.54) is 22.6 Å². The van der Waals surface area contributed by atoms with Crippen molar-refractivity contribution >= 4 is 39.1 Å². The first-order valence-electron chi connectivity index (χ1n) is 12.7. The van der Waals surface area contributed by atoms with Crippen molar-refractivity contribution in [3.05, 3.63) is 46.1 Å². The molecule has 4 heterocycles. The van der Waals surface area contributed by atoms with Crippen LogP contribution in [0.15, 0.2) is 24.3 Å². The summed E-state index contributed by atoms with van der Waals surface area (Å²) in [6.45, 7) is 11.6. The van der Waals surface area contributed by atoms with Gasteiger partial charge in [-0.3, -0.25) is 4.90 Å². The summed E-state index contributed by atoms with van der Waals surface area (Å²) in [7, 11) is 0. The summed E-state index contributed by atoms with van der Waals surface area (Å²) in [4.78, 5) is 31.5. The van der Waals surface area contributed by atoms with Crippen LogP contribution in [0.3, 0.4) is 0 Å². The Labute approximate surface area is 218 Å². The molecule has 7 nitrogen and oxygen atoms in total. The number of amides is 2. The van der Waals surface area contributed by atoms with Crippen LogP contribution in [0.25, 0.3) is 10.2 Å². The molecule has 0 saturated carbocycles. The predicted molar refractivity (Wildman–Crippen MR) is 140 cm³/mol. The van der Waals surface area contributed by atoms with Gasteiger partial charge in [-0.2, -0.15) is 13.2 Å². The highest BCUT2D eigenvalue weighted by Crippen LogP contribution is 2.40. The van der Waals surface area contributed by atoms with E-state index in [2.05, 4.69) is 35.9 Å². The van der Waals surface area contributed by atoms with Crippen LogP contribution in [0, 0.1) is 0 Å². The monoisotopic (exact) mass is 532 g/mol. The standard InChI is InChI=1S/C26H31F3N6OS/c1-4-33-10-9-19-20(15-33)37-24-21(19)23(31-22(32-24)16(2)3)34-11-13-35(14-12-34)25(36)30-18-7-5-17(6-8-18)26(27,28)29/h5-8,16H,4,9-15H2,1-3H3,(H,30,36). The summed E-state index contributed by atoms with van der Waals surface area (Å²) in [6, 6.07) is 4.19. The molecule has 1 fully saturated rings. The first-order chi connectivity index (χ1) is 17.6. The van der Waals surface area contributed by atoms with Gasteiger partial charge in [0, 0.05) is 55.8 Å². The van der Waals surface area contributed by atoms with Crippen molar-refractivity contribution < 1.29 is 18.0 Å². The number of alkyl halides is 3. The number of aromatic nitrogens is 2. The topological polar surface area (TPSA) is 64.6 Å². The average molecular weight is 533 g/mol. The number of anilines is 2. The molecule has 1 N–H and O–H groups in total. The molecule has 0 bridgehead atoms. The van der Waals surface area contributed by atoms with Gasteiger partial charge >= 0.3 is 12.2 Å². The minimum atomic E-state index is -4.40. The molecule has 0 radical (unpaired) electrons. The van der Waals surface area contributed by atoms with Crippen molar-refractivity contribution in [1.82, 2.24) is 19.8 Å². The first-order valence-corrected chi connectivity index (χ1v) is 13.5. The van der Waals surface area contributed by atoms with Gasteiger partial charge in [-0.1, -0.05) is 20.8 Å². The average Bonchev–Trinajstić information content (AvgIpc) is 3.25. The number of hydrogen-bond acceptors (Lipinski definition) is 6. The van der Waals surface area contributed by atoms with E-state index in [1.807, 2.05) is 0 Å². The normalized spacial score (nSPS) is 16.9. The van der Waals surface area contributed by atoms with Crippen LogP contribution in [0.2, 0.25) is 0 Å². The number of fused-ring (bicyclic) bond motifs is 3. The maximum absolute atomic E-state index is 12.8. The largest absolute Gasteiger partial charge is 0.416 e. The zero-order valence-corrected chi connectivity index (χ0v) is 22.0. The van der Waals surface area contributed by atoms with Gasteiger partial charge in [0.1, 0.15) is 16.5 Å². The fourth-order valence-electron chi connectivity index (χ4n) is 4.87. The molecule has 11 heteroatoms. The lowest BCUT2D eigenvalue weighted by atomic mass is 10.0. The number of piperazine rings is 1. The number of carbonyl (C=O) groups is 1. The van der Waals surface area contributed by atoms with Crippen LogP contribution >= 0.6 is 11.3 Å². The Morgan fingerprint density at radius 1 is 1.08 bits per heavy atom. The number of rotatable bonds is 4. The third-order valence-electron chi connectivity index (χ3n) is 7.07. The van der Waals surface area contributed by atoms with Gasteiger partial charge in [0.15, 0.2) is 0 Å². The van der Waals surface area contributed by atoms with E-state index in [1.54, 1.807) is 16.2 Å². The molecule has 37 heavy (non-hydrogen) atoms. The summed E-state index contributed by atoms with van der Waals surface area (Å²) in [5.74, 6) is 1.99. The molecule has 2 aromatic heterocycles. The molecule has 2 amide bonds. The summed E-state index contributed by atoms with van der Waals surface area (Å²) < 4.78 is 38.4. The van der Waals surface area contributed by atoms with Gasteiger partial charge in [-0.15, -0.1) is 11.3 Å². The second-order valence-electron chi connectivity index (χ2n) is 9.84. The van der Waals surface area contributed by atoms with Crippen LogP contribution in [-0.2, 0) is 19.1 Å². The third kappa shape index (κ3) is 5.24. The number of benzene rings is 1. The zero-order chi connectivity index (χ0) is 26.3. The van der Waals surface area contributed by atoms with Crippen molar-refractivity contribution in [1.29, 1.82) is 0 Å². The van der Waals surface area contributed by atoms with Crippen molar-refractivity contribution in [2.75, 3.05) is 49.5 Å². The van der Waals surface area contributed by atoms with Gasteiger partial charge in [0.25, 0.3) is 0 Å². The van der Waals surface area contributed by atoms with Crippen molar-refractivity contribution in [2.45, 2.75) is 45.8 Å². The maximum atomic E-state index is 12.8. The number of hydrogen-bond donors (Lipinski definition) is 1. The quantitative estimate of drug-likeness (QED) is 0.476. The Hall–Kier alpha value is -2.92. The Kier molecular flexibility index (Phi) is 7.01. The summed E-state index contributed by atoms with van der Waals surface area (Å²) in [5.41, 5.74) is 0.956. The second kappa shape index (κ2) is 10.1. The number of halogens is 3. The molecule has 1 saturated heterocycles. The van der Waals surface area contributed by atoms with Gasteiger partial charge in [0.05, 0.1) is 10.9 Å². The molecule has 1 aromatic carbocycles. The van der Waals surface area contributed by atoms with Crippen LogP contribution in [0.4, 0.5) is 29.5 Å².